The van der Waals surface area contributed by atoms with Crippen LogP contribution in [0.2, 0.25) is 0 Å². The van der Waals surface area contributed by atoms with Crippen LogP contribution in [-0.4, -0.2) is 30.1 Å². The molecule has 25 heavy (non-hydrogen) atoms. The van der Waals surface area contributed by atoms with E-state index in [1.54, 1.807) is 0 Å². The number of halogens is 2. The second-order valence-electron chi connectivity index (χ2n) is 6.47. The molecule has 0 heterocycles. The van der Waals surface area contributed by atoms with Crippen LogP contribution in [0.15, 0.2) is 54.6 Å². The molecule has 1 aliphatic rings. The zero-order chi connectivity index (χ0) is 17.6. The molecule has 1 fully saturated rings. The molecule has 0 bridgehead atoms. The van der Waals surface area contributed by atoms with Gasteiger partial charge in [-0.15, -0.1) is 0 Å². The lowest BCUT2D eigenvalue weighted by atomic mass is 9.96. The van der Waals surface area contributed by atoms with Crippen molar-refractivity contribution in [1.82, 2.24) is 5.32 Å². The first-order chi connectivity index (χ1) is 12.0. The summed E-state index contributed by atoms with van der Waals surface area (Å²) in [5, 5.41) is 15.1. The average Bonchev–Trinajstić information content (AvgIpc) is 3.16. The van der Waals surface area contributed by atoms with Gasteiger partial charge in [-0.3, -0.25) is 4.79 Å². The minimum atomic E-state index is -2.90. The molecule has 1 saturated carbocycles. The molecule has 1 aliphatic carbocycles. The Balaban J connectivity index is 1.70. The molecule has 128 valence electrons. The number of carbonyl (C=O) groups is 1. The van der Waals surface area contributed by atoms with Gasteiger partial charge in [0.2, 0.25) is 0 Å². The monoisotopic (exact) mass is 341 g/mol. The normalized spacial score (nSPS) is 21.4. The standard InChI is InChI=1S/C20H17F2NO2/c21-20(22)16(17(20)11-24)10-23-19(25)18-14-7-3-1-5-12(14)9-13-6-2-4-8-15(13)18/h1-9,16-17,24H,10-11H2,(H,23,25)/t16-,17-/m0/s1. The van der Waals surface area contributed by atoms with Crippen LogP contribution < -0.4 is 5.32 Å². The van der Waals surface area contributed by atoms with Crippen molar-refractivity contribution in [3.8, 4) is 0 Å². The van der Waals surface area contributed by atoms with E-state index in [1.807, 2.05) is 54.6 Å². The molecule has 2 atom stereocenters. The van der Waals surface area contributed by atoms with Gasteiger partial charge in [0.05, 0.1) is 24.0 Å². The molecule has 0 unspecified atom stereocenters. The molecule has 0 spiro atoms. The minimum absolute atomic E-state index is 0.144. The summed E-state index contributed by atoms with van der Waals surface area (Å²) >= 11 is 0. The number of hydrogen-bond donors (Lipinski definition) is 2. The number of alkyl halides is 2. The van der Waals surface area contributed by atoms with E-state index in [0.717, 1.165) is 21.5 Å². The fourth-order valence-corrected chi connectivity index (χ4v) is 3.54. The molecule has 5 heteroatoms. The summed E-state index contributed by atoms with van der Waals surface area (Å²) in [7, 11) is 0. The van der Waals surface area contributed by atoms with Crippen LogP contribution >= 0.6 is 0 Å². The molecular formula is C20H17F2NO2. The first-order valence-electron chi connectivity index (χ1n) is 8.21. The van der Waals surface area contributed by atoms with E-state index < -0.39 is 24.4 Å². The predicted octanol–water partition coefficient (Wildman–Crippen LogP) is 3.60. The Kier molecular flexibility index (Phi) is 3.69. The SMILES string of the molecule is O=C(NC[C@H]1[C@H](CO)C1(F)F)c1c2ccccc2cc2ccccc12. The van der Waals surface area contributed by atoms with Gasteiger partial charge in [0.25, 0.3) is 11.8 Å². The number of nitrogens with one attached hydrogen (secondary N) is 1. The molecule has 3 aromatic carbocycles. The maximum absolute atomic E-state index is 13.5. The summed E-state index contributed by atoms with van der Waals surface area (Å²) in [4.78, 5) is 12.8. The van der Waals surface area contributed by atoms with Gasteiger partial charge in [0.1, 0.15) is 0 Å². The average molecular weight is 341 g/mol. The third-order valence-corrected chi connectivity index (χ3v) is 5.04. The van der Waals surface area contributed by atoms with Crippen molar-refractivity contribution < 1.29 is 18.7 Å². The van der Waals surface area contributed by atoms with Crippen LogP contribution in [-0.2, 0) is 0 Å². The van der Waals surface area contributed by atoms with E-state index in [9.17, 15) is 13.6 Å². The maximum atomic E-state index is 13.5. The van der Waals surface area contributed by atoms with Gasteiger partial charge < -0.3 is 10.4 Å². The maximum Gasteiger partial charge on any atom is 0.258 e. The molecule has 0 saturated heterocycles. The largest absolute Gasteiger partial charge is 0.396 e. The Morgan fingerprint density at radius 1 is 1.00 bits per heavy atom. The summed E-state index contributed by atoms with van der Waals surface area (Å²) in [6, 6.07) is 17.1. The highest BCUT2D eigenvalue weighted by Crippen LogP contribution is 2.54. The van der Waals surface area contributed by atoms with Crippen molar-refractivity contribution in [2.75, 3.05) is 13.2 Å². The Morgan fingerprint density at radius 3 is 2.08 bits per heavy atom. The number of aliphatic hydroxyl groups excluding tert-OH is 1. The number of carbonyl (C=O) groups excluding carboxylic acids is 1. The topological polar surface area (TPSA) is 49.3 Å². The lowest BCUT2D eigenvalue weighted by Crippen LogP contribution is -2.27. The zero-order valence-electron chi connectivity index (χ0n) is 13.4. The number of amides is 1. The van der Waals surface area contributed by atoms with Crippen LogP contribution in [0.25, 0.3) is 21.5 Å². The van der Waals surface area contributed by atoms with Gasteiger partial charge in [0.15, 0.2) is 0 Å². The van der Waals surface area contributed by atoms with E-state index >= 15 is 0 Å². The number of fused-ring (bicyclic) bond motifs is 2. The summed E-state index contributed by atoms with van der Waals surface area (Å²) in [6.45, 7) is -0.709. The van der Waals surface area contributed by atoms with Crippen LogP contribution in [0.1, 0.15) is 10.4 Å². The third-order valence-electron chi connectivity index (χ3n) is 5.04. The molecule has 3 nitrogen and oxygen atoms in total. The Bertz CT molecular complexity index is 916. The van der Waals surface area contributed by atoms with Crippen molar-refractivity contribution in [3.05, 3.63) is 60.2 Å². The van der Waals surface area contributed by atoms with Gasteiger partial charge >= 0.3 is 0 Å². The Morgan fingerprint density at radius 2 is 1.56 bits per heavy atom. The second kappa shape index (κ2) is 5.77. The lowest BCUT2D eigenvalue weighted by molar-refractivity contribution is 0.0715. The highest BCUT2D eigenvalue weighted by Gasteiger charge is 2.67. The Labute approximate surface area is 143 Å². The smallest absolute Gasteiger partial charge is 0.258 e. The number of aliphatic hydroxyl groups is 1. The van der Waals surface area contributed by atoms with Crippen molar-refractivity contribution in [3.63, 3.8) is 0 Å². The number of rotatable bonds is 4. The number of benzene rings is 3. The molecular weight excluding hydrogens is 324 g/mol. The molecule has 0 radical (unpaired) electrons. The molecule has 3 aromatic rings. The fraction of sp³-hybridized carbons (Fsp3) is 0.250. The zero-order valence-corrected chi connectivity index (χ0v) is 13.4. The third kappa shape index (κ3) is 2.55. The van der Waals surface area contributed by atoms with Crippen LogP contribution in [0.5, 0.6) is 0 Å². The minimum Gasteiger partial charge on any atom is -0.396 e. The quantitative estimate of drug-likeness (QED) is 0.713. The van der Waals surface area contributed by atoms with Crippen LogP contribution in [0.4, 0.5) is 8.78 Å². The Hall–Kier alpha value is -2.53. The number of hydrogen-bond acceptors (Lipinski definition) is 2. The van der Waals surface area contributed by atoms with Gasteiger partial charge in [-0.1, -0.05) is 48.5 Å². The van der Waals surface area contributed by atoms with Crippen molar-refractivity contribution in [2.45, 2.75) is 5.92 Å². The summed E-state index contributed by atoms with van der Waals surface area (Å²) in [5.74, 6) is -5.32. The lowest BCUT2D eigenvalue weighted by Gasteiger charge is -2.12. The van der Waals surface area contributed by atoms with E-state index in [-0.39, 0.29) is 12.5 Å². The highest BCUT2D eigenvalue weighted by atomic mass is 19.3. The van der Waals surface area contributed by atoms with Gasteiger partial charge in [-0.25, -0.2) is 8.78 Å². The fourth-order valence-electron chi connectivity index (χ4n) is 3.54. The van der Waals surface area contributed by atoms with E-state index in [4.69, 9.17) is 5.11 Å². The van der Waals surface area contributed by atoms with E-state index in [2.05, 4.69) is 5.32 Å². The van der Waals surface area contributed by atoms with Crippen LogP contribution in [0, 0.1) is 11.8 Å². The first kappa shape index (κ1) is 16.0. The van der Waals surface area contributed by atoms with Crippen molar-refractivity contribution in [1.29, 1.82) is 0 Å². The molecule has 4 rings (SSSR count). The van der Waals surface area contributed by atoms with Gasteiger partial charge in [-0.2, -0.15) is 0 Å². The van der Waals surface area contributed by atoms with Crippen molar-refractivity contribution >= 4 is 27.5 Å². The summed E-state index contributed by atoms with van der Waals surface area (Å²) in [6.07, 6.45) is 0. The van der Waals surface area contributed by atoms with Gasteiger partial charge in [0, 0.05) is 6.54 Å². The predicted molar refractivity (Wildman–Crippen MR) is 92.8 cm³/mol. The second-order valence-corrected chi connectivity index (χ2v) is 6.47. The molecule has 2 N–H and O–H groups in total. The van der Waals surface area contributed by atoms with Crippen LogP contribution in [0.3, 0.4) is 0 Å². The summed E-state index contributed by atoms with van der Waals surface area (Å²) < 4.78 is 27.0. The van der Waals surface area contributed by atoms with Gasteiger partial charge in [-0.05, 0) is 27.6 Å². The van der Waals surface area contributed by atoms with E-state index in [1.165, 1.54) is 0 Å². The summed E-state index contributed by atoms with van der Waals surface area (Å²) in [5.41, 5.74) is 0.498. The highest BCUT2D eigenvalue weighted by molar-refractivity contribution is 6.18. The molecule has 0 aromatic heterocycles. The molecule has 1 amide bonds. The molecule has 0 aliphatic heterocycles. The van der Waals surface area contributed by atoms with Crippen molar-refractivity contribution in [2.24, 2.45) is 11.8 Å². The van der Waals surface area contributed by atoms with E-state index in [0.29, 0.717) is 5.56 Å². The first-order valence-corrected chi connectivity index (χ1v) is 8.21.